The van der Waals surface area contributed by atoms with E-state index in [9.17, 15) is 0 Å². The van der Waals surface area contributed by atoms with Gasteiger partial charge in [-0.05, 0) is 33.6 Å². The zero-order valence-electron chi connectivity index (χ0n) is 12.1. The lowest BCUT2D eigenvalue weighted by molar-refractivity contribution is 0.102. The van der Waals surface area contributed by atoms with E-state index in [1.807, 2.05) is 13.1 Å². The summed E-state index contributed by atoms with van der Waals surface area (Å²) in [6, 6.07) is 4.83. The normalized spacial score (nSPS) is 23.4. The Morgan fingerprint density at radius 3 is 2.95 bits per heavy atom. The summed E-state index contributed by atoms with van der Waals surface area (Å²) >= 11 is 0. The Balaban J connectivity index is 2.08. The van der Waals surface area contributed by atoms with Crippen molar-refractivity contribution in [2.75, 3.05) is 46.5 Å². The van der Waals surface area contributed by atoms with Crippen molar-refractivity contribution in [1.82, 2.24) is 20.1 Å². The molecule has 0 amide bonds. The van der Waals surface area contributed by atoms with Gasteiger partial charge in [0.2, 0.25) is 0 Å². The van der Waals surface area contributed by atoms with Crippen LogP contribution in [0.25, 0.3) is 0 Å². The molecule has 0 bridgehead atoms. The molecule has 1 aliphatic rings. The molecule has 106 valence electrons. The second kappa shape index (κ2) is 6.32. The topological polar surface area (TPSA) is 57.4 Å². The van der Waals surface area contributed by atoms with Gasteiger partial charge in [0.1, 0.15) is 5.82 Å². The van der Waals surface area contributed by atoms with Crippen molar-refractivity contribution in [1.29, 1.82) is 0 Å². The van der Waals surface area contributed by atoms with Crippen molar-refractivity contribution in [2.45, 2.75) is 18.5 Å². The van der Waals surface area contributed by atoms with Crippen molar-refractivity contribution < 1.29 is 0 Å². The van der Waals surface area contributed by atoms with Gasteiger partial charge < -0.3 is 20.9 Å². The highest BCUT2D eigenvalue weighted by molar-refractivity contribution is 5.40. The number of nitrogen functional groups attached to an aromatic ring is 1. The summed E-state index contributed by atoms with van der Waals surface area (Å²) < 4.78 is 0. The maximum absolute atomic E-state index is 5.99. The number of piperazine rings is 1. The quantitative estimate of drug-likeness (QED) is 0.831. The van der Waals surface area contributed by atoms with Gasteiger partial charge in [-0.2, -0.15) is 0 Å². The number of likely N-dealkylation sites (N-methyl/N-ethyl adjacent to an activating group) is 2. The fourth-order valence-electron chi connectivity index (χ4n) is 2.75. The van der Waals surface area contributed by atoms with E-state index in [0.29, 0.717) is 11.9 Å². The molecule has 1 aliphatic heterocycles. The van der Waals surface area contributed by atoms with Crippen LogP contribution in [0.3, 0.4) is 0 Å². The molecular formula is C14H25N5. The SMILES string of the molecule is CNC(CC1CN(C)CCN1C)c1cccnc1N. The van der Waals surface area contributed by atoms with Crippen LogP contribution < -0.4 is 11.1 Å². The maximum Gasteiger partial charge on any atom is 0.128 e. The summed E-state index contributed by atoms with van der Waals surface area (Å²) in [5, 5.41) is 3.38. The zero-order chi connectivity index (χ0) is 13.8. The van der Waals surface area contributed by atoms with Gasteiger partial charge in [0.05, 0.1) is 0 Å². The molecule has 1 aromatic heterocycles. The van der Waals surface area contributed by atoms with E-state index >= 15 is 0 Å². The van der Waals surface area contributed by atoms with E-state index in [1.54, 1.807) is 6.20 Å². The zero-order valence-corrected chi connectivity index (χ0v) is 12.1. The van der Waals surface area contributed by atoms with Crippen molar-refractivity contribution >= 4 is 5.82 Å². The Hall–Kier alpha value is -1.17. The average molecular weight is 263 g/mol. The monoisotopic (exact) mass is 263 g/mol. The second-order valence-corrected chi connectivity index (χ2v) is 5.45. The number of nitrogens with zero attached hydrogens (tertiary/aromatic N) is 3. The summed E-state index contributed by atoms with van der Waals surface area (Å²) in [6.45, 7) is 3.38. The third kappa shape index (κ3) is 3.43. The predicted molar refractivity (Wildman–Crippen MR) is 79.0 cm³/mol. The number of hydrogen-bond donors (Lipinski definition) is 2. The number of pyridine rings is 1. The fraction of sp³-hybridized carbons (Fsp3) is 0.643. The lowest BCUT2D eigenvalue weighted by Crippen LogP contribution is -2.50. The smallest absolute Gasteiger partial charge is 0.128 e. The fourth-order valence-corrected chi connectivity index (χ4v) is 2.75. The number of nitrogens with one attached hydrogen (secondary N) is 1. The Kier molecular flexibility index (Phi) is 4.74. The lowest BCUT2D eigenvalue weighted by Gasteiger charge is -2.39. The Morgan fingerprint density at radius 1 is 1.47 bits per heavy atom. The maximum atomic E-state index is 5.99. The van der Waals surface area contributed by atoms with Crippen molar-refractivity contribution in [3.63, 3.8) is 0 Å². The Labute approximate surface area is 115 Å². The first-order valence-corrected chi connectivity index (χ1v) is 6.88. The predicted octanol–water partition coefficient (Wildman–Crippen LogP) is 0.560. The molecule has 3 N–H and O–H groups in total. The van der Waals surface area contributed by atoms with Gasteiger partial charge in [0, 0.05) is 43.5 Å². The molecule has 2 heterocycles. The average Bonchev–Trinajstić information content (AvgIpc) is 2.41. The van der Waals surface area contributed by atoms with Crippen LogP contribution in [0.15, 0.2) is 18.3 Å². The molecular weight excluding hydrogens is 238 g/mol. The molecule has 0 spiro atoms. The Morgan fingerprint density at radius 2 is 2.26 bits per heavy atom. The van der Waals surface area contributed by atoms with Crippen LogP contribution in [0.1, 0.15) is 18.0 Å². The summed E-state index contributed by atoms with van der Waals surface area (Å²) in [7, 11) is 6.38. The molecule has 0 saturated carbocycles. The van der Waals surface area contributed by atoms with Crippen LogP contribution in [0, 0.1) is 0 Å². The van der Waals surface area contributed by atoms with Gasteiger partial charge in [-0.3, -0.25) is 0 Å². The molecule has 19 heavy (non-hydrogen) atoms. The second-order valence-electron chi connectivity index (χ2n) is 5.45. The first-order valence-electron chi connectivity index (χ1n) is 6.88. The summed E-state index contributed by atoms with van der Waals surface area (Å²) in [4.78, 5) is 9.02. The van der Waals surface area contributed by atoms with Crippen LogP contribution >= 0.6 is 0 Å². The number of nitrogens with two attached hydrogens (primary N) is 1. The largest absolute Gasteiger partial charge is 0.383 e. The minimum Gasteiger partial charge on any atom is -0.383 e. The molecule has 0 radical (unpaired) electrons. The molecule has 1 fully saturated rings. The molecule has 0 aromatic carbocycles. The van der Waals surface area contributed by atoms with Gasteiger partial charge in [-0.1, -0.05) is 6.07 Å². The van der Waals surface area contributed by atoms with Crippen LogP contribution in [-0.4, -0.2) is 61.6 Å². The minimum absolute atomic E-state index is 0.257. The summed E-state index contributed by atoms with van der Waals surface area (Å²) in [5.74, 6) is 0.633. The standard InChI is InChI=1S/C14H25N5/c1-16-13(12-5-4-6-17-14(12)15)9-11-10-18(2)7-8-19(11)3/h4-6,11,13,16H,7-10H2,1-3H3,(H2,15,17). The van der Waals surface area contributed by atoms with Crippen molar-refractivity contribution in [3.8, 4) is 0 Å². The van der Waals surface area contributed by atoms with Gasteiger partial charge in [-0.15, -0.1) is 0 Å². The number of aromatic nitrogens is 1. The molecule has 5 heteroatoms. The van der Waals surface area contributed by atoms with E-state index in [-0.39, 0.29) is 6.04 Å². The van der Waals surface area contributed by atoms with E-state index < -0.39 is 0 Å². The van der Waals surface area contributed by atoms with Crippen LogP contribution in [0.5, 0.6) is 0 Å². The van der Waals surface area contributed by atoms with E-state index in [4.69, 9.17) is 5.73 Å². The molecule has 2 rings (SSSR count). The van der Waals surface area contributed by atoms with Crippen LogP contribution in [0.2, 0.25) is 0 Å². The number of anilines is 1. The first kappa shape index (κ1) is 14.2. The van der Waals surface area contributed by atoms with Gasteiger partial charge in [0.25, 0.3) is 0 Å². The van der Waals surface area contributed by atoms with Gasteiger partial charge in [0.15, 0.2) is 0 Å². The molecule has 1 aromatic rings. The molecule has 2 atom stereocenters. The van der Waals surface area contributed by atoms with Crippen LogP contribution in [0.4, 0.5) is 5.82 Å². The molecule has 0 aliphatic carbocycles. The van der Waals surface area contributed by atoms with Crippen molar-refractivity contribution in [3.05, 3.63) is 23.9 Å². The highest BCUT2D eigenvalue weighted by Gasteiger charge is 2.26. The summed E-state index contributed by atoms with van der Waals surface area (Å²) in [5.41, 5.74) is 7.09. The third-order valence-electron chi connectivity index (χ3n) is 4.08. The molecule has 1 saturated heterocycles. The van der Waals surface area contributed by atoms with E-state index in [1.165, 1.54) is 0 Å². The molecule has 2 unspecified atom stereocenters. The Bertz CT molecular complexity index is 409. The highest BCUT2D eigenvalue weighted by atomic mass is 15.3. The van der Waals surface area contributed by atoms with E-state index in [2.05, 4.69) is 40.3 Å². The van der Waals surface area contributed by atoms with Crippen LogP contribution in [-0.2, 0) is 0 Å². The van der Waals surface area contributed by atoms with E-state index in [0.717, 1.165) is 31.6 Å². The first-order chi connectivity index (χ1) is 9.11. The number of rotatable bonds is 4. The summed E-state index contributed by atoms with van der Waals surface area (Å²) in [6.07, 6.45) is 2.79. The van der Waals surface area contributed by atoms with Gasteiger partial charge in [-0.25, -0.2) is 4.98 Å². The highest BCUT2D eigenvalue weighted by Crippen LogP contribution is 2.24. The van der Waals surface area contributed by atoms with Crippen molar-refractivity contribution in [2.24, 2.45) is 0 Å². The lowest BCUT2D eigenvalue weighted by atomic mass is 9.97. The third-order valence-corrected chi connectivity index (χ3v) is 4.08. The minimum atomic E-state index is 0.257. The van der Waals surface area contributed by atoms with Gasteiger partial charge >= 0.3 is 0 Å². The number of hydrogen-bond acceptors (Lipinski definition) is 5. The molecule has 5 nitrogen and oxygen atoms in total.